The van der Waals surface area contributed by atoms with Gasteiger partial charge in [-0.15, -0.1) is 0 Å². The minimum atomic E-state index is 0.0469. The molecular weight excluding hydrogens is 414 g/mol. The number of para-hydroxylation sites is 4. The first-order chi connectivity index (χ1) is 15.8. The number of hydrogen-bond donors (Lipinski definition) is 3. The van der Waals surface area contributed by atoms with Crippen molar-refractivity contribution in [2.45, 2.75) is 27.7 Å². The lowest BCUT2D eigenvalue weighted by molar-refractivity contribution is 0.409. The summed E-state index contributed by atoms with van der Waals surface area (Å²) in [6, 6.07) is 21.8. The Balaban J connectivity index is 1.95. The Morgan fingerprint density at radius 1 is 0.606 bits per heavy atom. The van der Waals surface area contributed by atoms with Crippen molar-refractivity contribution in [1.29, 1.82) is 0 Å². The largest absolute Gasteiger partial charge is 0.505 e. The predicted octanol–water partition coefficient (Wildman–Crippen LogP) is 7.30. The summed E-state index contributed by atoms with van der Waals surface area (Å²) in [6.07, 6.45) is 0. The van der Waals surface area contributed by atoms with Crippen molar-refractivity contribution < 1.29 is 20.1 Å². The Morgan fingerprint density at radius 2 is 1.15 bits per heavy atom. The maximum Gasteiger partial charge on any atom is 0.172 e. The molecule has 0 aliphatic heterocycles. The molecule has 4 aromatic carbocycles. The van der Waals surface area contributed by atoms with Gasteiger partial charge in [-0.2, -0.15) is 0 Å². The highest BCUT2D eigenvalue weighted by atomic mass is 16.5. The molecule has 0 saturated carbocycles. The van der Waals surface area contributed by atoms with Gasteiger partial charge in [0.15, 0.2) is 17.2 Å². The summed E-state index contributed by atoms with van der Waals surface area (Å²) < 4.78 is 6.24. The van der Waals surface area contributed by atoms with Crippen molar-refractivity contribution >= 4 is 17.1 Å². The Hall–Kier alpha value is -4.12. The zero-order valence-electron chi connectivity index (χ0n) is 19.1. The molecule has 4 rings (SSSR count). The van der Waals surface area contributed by atoms with Crippen LogP contribution >= 0.6 is 0 Å². The topological polar surface area (TPSA) is 73.2 Å². The van der Waals surface area contributed by atoms with Crippen LogP contribution in [0.3, 0.4) is 0 Å². The maximum absolute atomic E-state index is 10.9. The van der Waals surface area contributed by atoms with Crippen LogP contribution in [0.15, 0.2) is 72.8 Å². The van der Waals surface area contributed by atoms with Crippen molar-refractivity contribution in [2.75, 3.05) is 4.90 Å². The fraction of sp³-hybridized carbons (Fsp3) is 0.143. The smallest absolute Gasteiger partial charge is 0.172 e. The van der Waals surface area contributed by atoms with E-state index in [0.29, 0.717) is 39.7 Å². The van der Waals surface area contributed by atoms with Crippen LogP contribution in [-0.4, -0.2) is 15.3 Å². The number of anilines is 3. The Kier molecular flexibility index (Phi) is 5.88. The summed E-state index contributed by atoms with van der Waals surface area (Å²) >= 11 is 0. The molecule has 0 fully saturated rings. The molecule has 0 aliphatic carbocycles. The van der Waals surface area contributed by atoms with E-state index in [1.165, 1.54) is 0 Å². The number of phenolic OH excluding ortho intramolecular Hbond substituents is 3. The van der Waals surface area contributed by atoms with Gasteiger partial charge in [-0.05, 0) is 80.3 Å². The Bertz CT molecular complexity index is 1260. The van der Waals surface area contributed by atoms with E-state index >= 15 is 0 Å². The molecule has 0 radical (unpaired) electrons. The first-order valence-corrected chi connectivity index (χ1v) is 10.7. The molecule has 0 atom stereocenters. The van der Waals surface area contributed by atoms with Gasteiger partial charge in [-0.25, -0.2) is 0 Å². The molecule has 0 heterocycles. The van der Waals surface area contributed by atoms with Crippen molar-refractivity contribution in [3.05, 3.63) is 95.1 Å². The maximum atomic E-state index is 10.9. The zero-order chi connectivity index (χ0) is 23.7. The van der Waals surface area contributed by atoms with Gasteiger partial charge >= 0.3 is 0 Å². The van der Waals surface area contributed by atoms with Gasteiger partial charge in [0.1, 0.15) is 11.5 Å². The van der Waals surface area contributed by atoms with E-state index in [9.17, 15) is 15.3 Å². The fourth-order valence-electron chi connectivity index (χ4n) is 3.94. The van der Waals surface area contributed by atoms with Gasteiger partial charge in [-0.1, -0.05) is 42.5 Å². The van der Waals surface area contributed by atoms with Crippen LogP contribution in [0, 0.1) is 27.7 Å². The molecule has 0 bridgehead atoms. The second-order valence-electron chi connectivity index (χ2n) is 8.22. The zero-order valence-corrected chi connectivity index (χ0v) is 19.1. The van der Waals surface area contributed by atoms with Gasteiger partial charge in [0.2, 0.25) is 0 Å². The molecule has 0 unspecified atom stereocenters. The molecule has 0 amide bonds. The molecule has 0 aliphatic rings. The van der Waals surface area contributed by atoms with Gasteiger partial charge in [-0.3, -0.25) is 4.90 Å². The minimum absolute atomic E-state index is 0.0469. The third-order valence-electron chi connectivity index (χ3n) is 5.63. The number of aromatic hydroxyl groups is 3. The molecule has 0 saturated heterocycles. The quantitative estimate of drug-likeness (QED) is 0.303. The number of aryl methyl sites for hydroxylation is 4. The van der Waals surface area contributed by atoms with Crippen molar-refractivity contribution in [2.24, 2.45) is 0 Å². The second-order valence-corrected chi connectivity index (χ2v) is 8.22. The van der Waals surface area contributed by atoms with Crippen LogP contribution in [0.2, 0.25) is 0 Å². The summed E-state index contributed by atoms with van der Waals surface area (Å²) in [5.41, 5.74) is 4.73. The summed E-state index contributed by atoms with van der Waals surface area (Å²) in [4.78, 5) is 1.76. The second kappa shape index (κ2) is 8.79. The van der Waals surface area contributed by atoms with Crippen LogP contribution in [0.5, 0.6) is 28.7 Å². The average molecular weight is 442 g/mol. The third kappa shape index (κ3) is 4.17. The van der Waals surface area contributed by atoms with E-state index in [2.05, 4.69) is 0 Å². The summed E-state index contributed by atoms with van der Waals surface area (Å²) in [7, 11) is 0. The van der Waals surface area contributed by atoms with Gasteiger partial charge in [0, 0.05) is 0 Å². The molecule has 4 aromatic rings. The lowest BCUT2D eigenvalue weighted by Gasteiger charge is -2.29. The van der Waals surface area contributed by atoms with Crippen molar-refractivity contribution in [3.63, 3.8) is 0 Å². The first-order valence-electron chi connectivity index (χ1n) is 10.7. The summed E-state index contributed by atoms with van der Waals surface area (Å²) in [5.74, 6) is 1.06. The SMILES string of the molecule is Cc1cc(C)c(Oc2ccccc2N(c2cccc(C)c2O)c2cccc(C)c2O)c(O)c1. The highest BCUT2D eigenvalue weighted by Crippen LogP contribution is 2.49. The highest BCUT2D eigenvalue weighted by molar-refractivity contribution is 5.86. The van der Waals surface area contributed by atoms with Gasteiger partial charge in [0.05, 0.1) is 17.1 Å². The number of ether oxygens (including phenoxy) is 1. The van der Waals surface area contributed by atoms with Crippen LogP contribution in [0.4, 0.5) is 17.1 Å². The molecule has 168 valence electrons. The standard InChI is InChI=1S/C28H27NO4/c1-17-15-20(4)28(24(30)16-17)33-25-14-6-5-11-21(25)29(22-12-7-9-18(2)26(22)31)23-13-8-10-19(3)27(23)32/h5-16,30-32H,1-4H3. The summed E-state index contributed by atoms with van der Waals surface area (Å²) in [6.45, 7) is 7.43. The third-order valence-corrected chi connectivity index (χ3v) is 5.63. The van der Waals surface area contributed by atoms with E-state index < -0.39 is 0 Å². The van der Waals surface area contributed by atoms with Crippen LogP contribution in [-0.2, 0) is 0 Å². The van der Waals surface area contributed by atoms with E-state index in [1.807, 2.05) is 76.2 Å². The molecular formula is C28H27NO4. The molecule has 0 aromatic heterocycles. The van der Waals surface area contributed by atoms with Gasteiger partial charge < -0.3 is 20.1 Å². The fourth-order valence-corrected chi connectivity index (χ4v) is 3.94. The van der Waals surface area contributed by atoms with E-state index in [4.69, 9.17) is 4.74 Å². The van der Waals surface area contributed by atoms with Crippen molar-refractivity contribution in [3.8, 4) is 28.7 Å². The highest BCUT2D eigenvalue weighted by Gasteiger charge is 2.24. The van der Waals surface area contributed by atoms with E-state index in [1.54, 1.807) is 29.2 Å². The van der Waals surface area contributed by atoms with Crippen LogP contribution in [0.25, 0.3) is 0 Å². The normalized spacial score (nSPS) is 10.8. The number of hydrogen-bond acceptors (Lipinski definition) is 5. The molecule has 3 N–H and O–H groups in total. The molecule has 0 spiro atoms. The van der Waals surface area contributed by atoms with Crippen LogP contribution < -0.4 is 9.64 Å². The minimum Gasteiger partial charge on any atom is -0.505 e. The number of phenols is 3. The monoisotopic (exact) mass is 441 g/mol. The van der Waals surface area contributed by atoms with Crippen molar-refractivity contribution in [1.82, 2.24) is 0 Å². The predicted molar refractivity (Wildman–Crippen MR) is 132 cm³/mol. The average Bonchev–Trinajstić information content (AvgIpc) is 2.77. The number of rotatable bonds is 5. The molecule has 33 heavy (non-hydrogen) atoms. The van der Waals surface area contributed by atoms with E-state index in [-0.39, 0.29) is 17.2 Å². The van der Waals surface area contributed by atoms with E-state index in [0.717, 1.165) is 11.1 Å². The number of nitrogens with zero attached hydrogens (tertiary/aromatic N) is 1. The number of benzene rings is 4. The summed E-state index contributed by atoms with van der Waals surface area (Å²) in [5, 5.41) is 32.4. The lowest BCUT2D eigenvalue weighted by Crippen LogP contribution is -2.12. The Morgan fingerprint density at radius 3 is 1.73 bits per heavy atom. The Labute approximate surface area is 193 Å². The molecule has 5 nitrogen and oxygen atoms in total. The van der Waals surface area contributed by atoms with Gasteiger partial charge in [0.25, 0.3) is 0 Å². The lowest BCUT2D eigenvalue weighted by atomic mass is 10.1. The molecule has 5 heteroatoms. The van der Waals surface area contributed by atoms with Crippen LogP contribution in [0.1, 0.15) is 22.3 Å². The first kappa shape index (κ1) is 22.1.